The summed E-state index contributed by atoms with van der Waals surface area (Å²) in [6, 6.07) is 9.64. The molecule has 0 fully saturated rings. The Bertz CT molecular complexity index is 593. The minimum atomic E-state index is -1.73. The highest BCUT2D eigenvalue weighted by atomic mass is 28.4. The summed E-state index contributed by atoms with van der Waals surface area (Å²) in [6.45, 7) is 16.0. The summed E-state index contributed by atoms with van der Waals surface area (Å²) in [4.78, 5) is 12.3. The van der Waals surface area contributed by atoms with E-state index in [0.29, 0.717) is 0 Å². The predicted octanol–water partition coefficient (Wildman–Crippen LogP) is 5.42. The number of carbonyl (C=O) groups is 1. The van der Waals surface area contributed by atoms with Gasteiger partial charge in [-0.2, -0.15) is 0 Å². The molecule has 0 bridgehead atoms. The minimum absolute atomic E-state index is 0.0907. The van der Waals surface area contributed by atoms with E-state index < -0.39 is 20.5 Å². The van der Waals surface area contributed by atoms with Gasteiger partial charge in [-0.05, 0) is 39.1 Å². The molecule has 0 spiro atoms. The van der Waals surface area contributed by atoms with Crippen LogP contribution in [0.25, 0.3) is 0 Å². The van der Waals surface area contributed by atoms with Crippen LogP contribution >= 0.6 is 0 Å². The Kier molecular flexibility index (Phi) is 7.96. The molecule has 25 heavy (non-hydrogen) atoms. The number of ether oxygens (including phenoxy) is 1. The number of hydrogen-bond acceptors (Lipinski definition) is 3. The number of amides is 1. The summed E-state index contributed by atoms with van der Waals surface area (Å²) in [5.74, 6) is 0.750. The van der Waals surface area contributed by atoms with Gasteiger partial charge >= 0.3 is 6.09 Å². The second kappa shape index (κ2) is 9.46. The van der Waals surface area contributed by atoms with Crippen molar-refractivity contribution in [1.82, 2.24) is 5.32 Å². The van der Waals surface area contributed by atoms with Gasteiger partial charge in [0.05, 0.1) is 17.7 Å². The van der Waals surface area contributed by atoms with Crippen LogP contribution in [0, 0.1) is 5.92 Å². The molecule has 0 saturated heterocycles. The number of allylic oxidation sites excluding steroid dienone is 1. The predicted molar refractivity (Wildman–Crippen MR) is 106 cm³/mol. The average Bonchev–Trinajstić information content (AvgIpc) is 2.56. The van der Waals surface area contributed by atoms with E-state index >= 15 is 0 Å². The van der Waals surface area contributed by atoms with Crippen LogP contribution in [0.15, 0.2) is 54.8 Å². The van der Waals surface area contributed by atoms with Crippen molar-refractivity contribution in [2.75, 3.05) is 0 Å². The van der Waals surface area contributed by atoms with Gasteiger partial charge in [-0.15, -0.1) is 0 Å². The molecule has 0 aliphatic heterocycles. The molecule has 0 heterocycles. The third-order valence-electron chi connectivity index (χ3n) is 3.76. The molecule has 5 heteroatoms. The molecule has 138 valence electrons. The van der Waals surface area contributed by atoms with Crippen molar-refractivity contribution in [3.8, 4) is 0 Å². The molecule has 0 aromatic heterocycles. The lowest BCUT2D eigenvalue weighted by Gasteiger charge is -2.29. The van der Waals surface area contributed by atoms with E-state index in [1.807, 2.05) is 57.2 Å². The molecule has 0 aliphatic carbocycles. The molecule has 1 rings (SSSR count). The molecule has 1 amide bonds. The van der Waals surface area contributed by atoms with Crippen molar-refractivity contribution in [3.63, 3.8) is 0 Å². The van der Waals surface area contributed by atoms with Gasteiger partial charge in [0, 0.05) is 0 Å². The van der Waals surface area contributed by atoms with Gasteiger partial charge in [0.2, 0.25) is 8.32 Å². The summed E-state index contributed by atoms with van der Waals surface area (Å²) >= 11 is 0. The number of nitrogens with one attached hydrogen (secondary N) is 1. The highest BCUT2D eigenvalue weighted by Gasteiger charge is 2.27. The second-order valence-corrected chi connectivity index (χ2v) is 11.5. The highest BCUT2D eigenvalue weighted by molar-refractivity contribution is 6.70. The summed E-state index contributed by atoms with van der Waals surface area (Å²) in [5, 5.41) is 2.86. The van der Waals surface area contributed by atoms with Gasteiger partial charge in [0.25, 0.3) is 0 Å². The van der Waals surface area contributed by atoms with Gasteiger partial charge in [-0.3, -0.25) is 0 Å². The van der Waals surface area contributed by atoms with E-state index in [4.69, 9.17) is 9.16 Å². The van der Waals surface area contributed by atoms with E-state index in [1.165, 1.54) is 0 Å². The summed E-state index contributed by atoms with van der Waals surface area (Å²) in [6.07, 6.45) is 2.67. The van der Waals surface area contributed by atoms with Crippen molar-refractivity contribution in [1.29, 1.82) is 0 Å². The fourth-order valence-electron chi connectivity index (χ4n) is 2.44. The van der Waals surface area contributed by atoms with Crippen LogP contribution < -0.4 is 5.32 Å². The Morgan fingerprint density at radius 2 is 1.80 bits per heavy atom. The topological polar surface area (TPSA) is 47.6 Å². The zero-order chi connectivity index (χ0) is 19.0. The van der Waals surface area contributed by atoms with E-state index in [-0.39, 0.29) is 12.0 Å². The Labute approximate surface area is 153 Å². The number of carbonyl (C=O) groups excluding carboxylic acids is 1. The first-order valence-corrected chi connectivity index (χ1v) is 12.1. The average molecular weight is 362 g/mol. The molecule has 1 aromatic rings. The third-order valence-corrected chi connectivity index (χ3v) is 4.61. The number of hydrogen-bond donors (Lipinski definition) is 1. The van der Waals surface area contributed by atoms with Crippen LogP contribution in [0.2, 0.25) is 19.6 Å². The quantitative estimate of drug-likeness (QED) is 0.382. The molecule has 0 unspecified atom stereocenters. The smallest absolute Gasteiger partial charge is 0.408 e. The first-order valence-electron chi connectivity index (χ1n) is 8.67. The van der Waals surface area contributed by atoms with Crippen LogP contribution in [0.1, 0.15) is 32.4 Å². The minimum Gasteiger partial charge on any atom is -0.547 e. The van der Waals surface area contributed by atoms with Crippen molar-refractivity contribution >= 4 is 14.4 Å². The van der Waals surface area contributed by atoms with Crippen LogP contribution in [0.4, 0.5) is 4.79 Å². The van der Waals surface area contributed by atoms with E-state index in [2.05, 4.69) is 31.5 Å². The van der Waals surface area contributed by atoms with Gasteiger partial charge in [-0.25, -0.2) is 4.79 Å². The monoisotopic (exact) mass is 361 g/mol. The van der Waals surface area contributed by atoms with Gasteiger partial charge < -0.3 is 14.5 Å². The molecule has 0 radical (unpaired) electrons. The molecule has 0 aliphatic rings. The largest absolute Gasteiger partial charge is 0.547 e. The van der Waals surface area contributed by atoms with E-state index in [0.717, 1.165) is 11.3 Å². The van der Waals surface area contributed by atoms with E-state index in [1.54, 1.807) is 6.08 Å². The van der Waals surface area contributed by atoms with Crippen LogP contribution in [0.3, 0.4) is 0 Å². The van der Waals surface area contributed by atoms with Crippen LogP contribution in [0.5, 0.6) is 0 Å². The lowest BCUT2D eigenvalue weighted by molar-refractivity contribution is 0.0896. The molecule has 1 N–H and O–H groups in total. The molecular formula is C20H31NO3Si. The van der Waals surface area contributed by atoms with Crippen molar-refractivity contribution in [3.05, 3.63) is 60.4 Å². The Morgan fingerprint density at radius 1 is 1.20 bits per heavy atom. The van der Waals surface area contributed by atoms with Crippen molar-refractivity contribution < 1.29 is 14.0 Å². The molecular weight excluding hydrogens is 330 g/mol. The Balaban J connectivity index is 2.70. The maximum absolute atomic E-state index is 12.3. The lowest BCUT2D eigenvalue weighted by atomic mass is 10.0. The van der Waals surface area contributed by atoms with Gasteiger partial charge in [0.15, 0.2) is 0 Å². The molecule has 4 nitrogen and oxygen atoms in total. The number of rotatable bonds is 8. The fraction of sp³-hybridized carbons (Fsp3) is 0.450. The van der Waals surface area contributed by atoms with Gasteiger partial charge in [-0.1, -0.05) is 56.0 Å². The Hall–Kier alpha value is -2.01. The Morgan fingerprint density at radius 3 is 2.28 bits per heavy atom. The fourth-order valence-corrected chi connectivity index (χ4v) is 3.45. The molecule has 1 aromatic carbocycles. The number of alkyl carbamates (subject to hydrolysis) is 1. The molecule has 3 atom stereocenters. The first kappa shape index (κ1) is 21.0. The third kappa shape index (κ3) is 7.18. The van der Waals surface area contributed by atoms with E-state index in [9.17, 15) is 4.79 Å². The van der Waals surface area contributed by atoms with Crippen molar-refractivity contribution in [2.45, 2.75) is 52.6 Å². The zero-order valence-electron chi connectivity index (χ0n) is 16.2. The van der Waals surface area contributed by atoms with Crippen molar-refractivity contribution in [2.24, 2.45) is 5.92 Å². The highest BCUT2D eigenvalue weighted by Crippen LogP contribution is 2.24. The summed E-state index contributed by atoms with van der Waals surface area (Å²) in [5.41, 5.74) is 1.03. The maximum Gasteiger partial charge on any atom is 0.408 e. The summed E-state index contributed by atoms with van der Waals surface area (Å²) < 4.78 is 11.7. The zero-order valence-corrected chi connectivity index (χ0v) is 17.2. The van der Waals surface area contributed by atoms with Crippen LogP contribution in [-0.2, 0) is 9.16 Å². The maximum atomic E-state index is 12.3. The number of benzene rings is 1. The molecule has 0 saturated carbocycles. The normalized spacial score (nSPS) is 15.7. The SMILES string of the molecule is C=C[C@@H](OC(=O)N[C@@H](C)c1ccccc1)[C@@H](C)/C(=C\C)O[Si](C)(C)C. The first-order chi connectivity index (χ1) is 11.7. The van der Waals surface area contributed by atoms with Crippen LogP contribution in [-0.4, -0.2) is 20.5 Å². The van der Waals surface area contributed by atoms with Gasteiger partial charge in [0.1, 0.15) is 6.10 Å². The summed E-state index contributed by atoms with van der Waals surface area (Å²) in [7, 11) is -1.73. The second-order valence-electron chi connectivity index (χ2n) is 7.08. The lowest BCUT2D eigenvalue weighted by Crippen LogP contribution is -2.35. The standard InChI is InChI=1S/C20H31NO3Si/c1-8-18(15(3)19(9-2)24-25(5,6)7)23-20(22)21-16(4)17-13-11-10-12-14-17/h8-16,18H,1H2,2-7H3,(H,21,22)/b19-9+/t15-,16+,18-/m1/s1.